The Hall–Kier alpha value is -1.29. The number of pyridine rings is 1. The molecule has 4 nitrogen and oxygen atoms in total. The van der Waals surface area contributed by atoms with Crippen LogP contribution in [0.4, 0.5) is 11.6 Å². The van der Waals surface area contributed by atoms with E-state index in [1.165, 1.54) is 0 Å². The van der Waals surface area contributed by atoms with E-state index >= 15 is 0 Å². The first kappa shape index (κ1) is 11.8. The van der Waals surface area contributed by atoms with Gasteiger partial charge in [-0.15, -0.1) is 0 Å². The van der Waals surface area contributed by atoms with Crippen LogP contribution in [0.5, 0.6) is 0 Å². The highest BCUT2D eigenvalue weighted by atomic mass is 15.3. The highest BCUT2D eigenvalue weighted by Gasteiger charge is 2.07. The summed E-state index contributed by atoms with van der Waals surface area (Å²) in [6.07, 6.45) is 0. The van der Waals surface area contributed by atoms with Crippen molar-refractivity contribution < 1.29 is 0 Å². The molecule has 1 aromatic rings. The van der Waals surface area contributed by atoms with Crippen molar-refractivity contribution >= 4 is 11.6 Å². The summed E-state index contributed by atoms with van der Waals surface area (Å²) in [6, 6.07) is 5.82. The van der Waals surface area contributed by atoms with Gasteiger partial charge in [0.1, 0.15) is 11.6 Å². The maximum Gasteiger partial charge on any atom is 0.142 e. The van der Waals surface area contributed by atoms with E-state index < -0.39 is 0 Å². The SMILES string of the molecule is CCN(CC(C)C)c1cccc(NN)n1. The van der Waals surface area contributed by atoms with E-state index in [0.717, 1.165) is 18.9 Å². The number of aromatic nitrogens is 1. The summed E-state index contributed by atoms with van der Waals surface area (Å²) in [7, 11) is 0. The van der Waals surface area contributed by atoms with Gasteiger partial charge in [0, 0.05) is 13.1 Å². The molecule has 0 spiro atoms. The van der Waals surface area contributed by atoms with Crippen molar-refractivity contribution in [2.75, 3.05) is 23.4 Å². The number of nitrogens with one attached hydrogen (secondary N) is 1. The summed E-state index contributed by atoms with van der Waals surface area (Å²) in [5.41, 5.74) is 2.56. The lowest BCUT2D eigenvalue weighted by atomic mass is 10.2. The molecule has 0 radical (unpaired) electrons. The number of hydrogen-bond donors (Lipinski definition) is 2. The predicted molar refractivity (Wildman–Crippen MR) is 64.8 cm³/mol. The van der Waals surface area contributed by atoms with Crippen molar-refractivity contribution in [3.8, 4) is 0 Å². The molecule has 0 aliphatic rings. The number of anilines is 2. The summed E-state index contributed by atoms with van der Waals surface area (Å²) in [5.74, 6) is 7.63. The maximum absolute atomic E-state index is 5.33. The Balaban J connectivity index is 2.81. The third kappa shape index (κ3) is 3.40. The molecule has 0 bridgehead atoms. The predicted octanol–water partition coefficient (Wildman–Crippen LogP) is 1.85. The van der Waals surface area contributed by atoms with Crippen LogP contribution in [-0.2, 0) is 0 Å². The molecule has 0 saturated carbocycles. The largest absolute Gasteiger partial charge is 0.357 e. The summed E-state index contributed by atoms with van der Waals surface area (Å²) >= 11 is 0. The van der Waals surface area contributed by atoms with Gasteiger partial charge in [0.15, 0.2) is 0 Å². The van der Waals surface area contributed by atoms with Crippen LogP contribution in [0.1, 0.15) is 20.8 Å². The van der Waals surface area contributed by atoms with Crippen LogP contribution in [0.25, 0.3) is 0 Å². The normalized spacial score (nSPS) is 10.5. The summed E-state index contributed by atoms with van der Waals surface area (Å²) < 4.78 is 0. The topological polar surface area (TPSA) is 54.2 Å². The Kier molecular flexibility index (Phi) is 4.37. The molecule has 15 heavy (non-hydrogen) atoms. The van der Waals surface area contributed by atoms with Crippen LogP contribution in [0.3, 0.4) is 0 Å². The van der Waals surface area contributed by atoms with E-state index in [1.54, 1.807) is 0 Å². The molecule has 0 atom stereocenters. The zero-order chi connectivity index (χ0) is 11.3. The quantitative estimate of drug-likeness (QED) is 0.573. The van der Waals surface area contributed by atoms with E-state index in [2.05, 4.69) is 36.1 Å². The second kappa shape index (κ2) is 5.56. The van der Waals surface area contributed by atoms with Crippen LogP contribution in [0, 0.1) is 5.92 Å². The van der Waals surface area contributed by atoms with Gasteiger partial charge < -0.3 is 10.3 Å². The van der Waals surface area contributed by atoms with E-state index in [1.807, 2.05) is 18.2 Å². The monoisotopic (exact) mass is 208 g/mol. The summed E-state index contributed by atoms with van der Waals surface area (Å²) in [4.78, 5) is 6.65. The van der Waals surface area contributed by atoms with Crippen molar-refractivity contribution in [1.29, 1.82) is 0 Å². The third-order valence-corrected chi connectivity index (χ3v) is 2.17. The summed E-state index contributed by atoms with van der Waals surface area (Å²) in [6.45, 7) is 8.50. The first-order chi connectivity index (χ1) is 7.17. The minimum absolute atomic E-state index is 0.626. The van der Waals surface area contributed by atoms with Crippen LogP contribution in [0.2, 0.25) is 0 Å². The fourth-order valence-electron chi connectivity index (χ4n) is 1.51. The number of rotatable bonds is 5. The number of nitrogen functional groups attached to an aromatic ring is 1. The Labute approximate surface area is 91.5 Å². The second-order valence-electron chi connectivity index (χ2n) is 3.96. The second-order valence-corrected chi connectivity index (χ2v) is 3.96. The molecule has 0 amide bonds. The average molecular weight is 208 g/mol. The molecule has 0 unspecified atom stereocenters. The van der Waals surface area contributed by atoms with Gasteiger partial charge in [-0.3, -0.25) is 0 Å². The molecule has 84 valence electrons. The van der Waals surface area contributed by atoms with Gasteiger partial charge in [-0.1, -0.05) is 19.9 Å². The van der Waals surface area contributed by atoms with E-state index in [9.17, 15) is 0 Å². The van der Waals surface area contributed by atoms with Crippen LogP contribution in [0.15, 0.2) is 18.2 Å². The van der Waals surface area contributed by atoms with Gasteiger partial charge in [0.2, 0.25) is 0 Å². The molecule has 1 aromatic heterocycles. The van der Waals surface area contributed by atoms with Crippen molar-refractivity contribution in [3.63, 3.8) is 0 Å². The van der Waals surface area contributed by atoms with E-state index in [4.69, 9.17) is 5.84 Å². The number of hydrogen-bond acceptors (Lipinski definition) is 4. The van der Waals surface area contributed by atoms with Crippen LogP contribution >= 0.6 is 0 Å². The summed E-state index contributed by atoms with van der Waals surface area (Å²) in [5, 5.41) is 0. The molecular formula is C11H20N4. The molecule has 4 heteroatoms. The molecule has 0 aliphatic carbocycles. The minimum Gasteiger partial charge on any atom is -0.357 e. The Morgan fingerprint density at radius 2 is 2.20 bits per heavy atom. The van der Waals surface area contributed by atoms with Crippen molar-refractivity contribution in [2.24, 2.45) is 11.8 Å². The Bertz CT molecular complexity index is 298. The van der Waals surface area contributed by atoms with E-state index in [0.29, 0.717) is 11.7 Å². The standard InChI is InChI=1S/C11H20N4/c1-4-15(8-9(2)3)11-7-5-6-10(13-11)14-12/h5-7,9H,4,8,12H2,1-3H3,(H,13,14). The van der Waals surface area contributed by atoms with Crippen molar-refractivity contribution in [3.05, 3.63) is 18.2 Å². The zero-order valence-corrected chi connectivity index (χ0v) is 9.70. The fraction of sp³-hybridized carbons (Fsp3) is 0.545. The van der Waals surface area contributed by atoms with Gasteiger partial charge in [-0.2, -0.15) is 0 Å². The van der Waals surface area contributed by atoms with Gasteiger partial charge in [0.05, 0.1) is 0 Å². The van der Waals surface area contributed by atoms with E-state index in [-0.39, 0.29) is 0 Å². The highest BCUT2D eigenvalue weighted by molar-refractivity contribution is 5.46. The van der Waals surface area contributed by atoms with Gasteiger partial charge in [-0.05, 0) is 25.0 Å². The lowest BCUT2D eigenvalue weighted by Crippen LogP contribution is -2.28. The molecule has 3 N–H and O–H groups in total. The average Bonchev–Trinajstić information content (AvgIpc) is 2.25. The fourth-order valence-corrected chi connectivity index (χ4v) is 1.51. The maximum atomic E-state index is 5.33. The third-order valence-electron chi connectivity index (χ3n) is 2.17. The molecule has 0 aliphatic heterocycles. The smallest absolute Gasteiger partial charge is 0.142 e. The van der Waals surface area contributed by atoms with Crippen LogP contribution in [-0.4, -0.2) is 18.1 Å². The number of hydrazine groups is 1. The first-order valence-electron chi connectivity index (χ1n) is 5.36. The van der Waals surface area contributed by atoms with Gasteiger partial charge in [-0.25, -0.2) is 10.8 Å². The Morgan fingerprint density at radius 3 is 2.73 bits per heavy atom. The lowest BCUT2D eigenvalue weighted by molar-refractivity contribution is 0.614. The number of nitrogens with zero attached hydrogens (tertiary/aromatic N) is 2. The van der Waals surface area contributed by atoms with Gasteiger partial charge in [0.25, 0.3) is 0 Å². The highest BCUT2D eigenvalue weighted by Crippen LogP contribution is 2.14. The molecule has 1 heterocycles. The zero-order valence-electron chi connectivity index (χ0n) is 9.70. The number of nitrogens with two attached hydrogens (primary N) is 1. The Morgan fingerprint density at radius 1 is 1.47 bits per heavy atom. The van der Waals surface area contributed by atoms with Crippen molar-refractivity contribution in [2.45, 2.75) is 20.8 Å². The molecule has 1 rings (SSSR count). The molecule has 0 saturated heterocycles. The van der Waals surface area contributed by atoms with Crippen LogP contribution < -0.4 is 16.2 Å². The molecular weight excluding hydrogens is 188 g/mol. The minimum atomic E-state index is 0.626. The van der Waals surface area contributed by atoms with Gasteiger partial charge >= 0.3 is 0 Å². The molecule has 0 fully saturated rings. The molecule has 0 aromatic carbocycles. The van der Waals surface area contributed by atoms with Crippen molar-refractivity contribution in [1.82, 2.24) is 4.98 Å². The first-order valence-corrected chi connectivity index (χ1v) is 5.36. The lowest BCUT2D eigenvalue weighted by Gasteiger charge is -2.24.